The number of unbranched alkanes of at least 4 members (excludes halogenated alkanes) is 2. The van der Waals surface area contributed by atoms with Crippen LogP contribution in [0.4, 0.5) is 0 Å². The molecule has 25 heavy (non-hydrogen) atoms. The van der Waals surface area contributed by atoms with E-state index < -0.39 is 0 Å². The third-order valence-corrected chi connectivity index (χ3v) is 8.03. The number of hydrogen-bond acceptors (Lipinski definition) is 3. The fourth-order valence-electron chi connectivity index (χ4n) is 4.96. The summed E-state index contributed by atoms with van der Waals surface area (Å²) in [4.78, 5) is 0. The molecule has 0 bridgehead atoms. The van der Waals surface area contributed by atoms with Crippen molar-refractivity contribution in [1.29, 1.82) is 0 Å². The number of hydrogen-bond donors (Lipinski definition) is 0. The summed E-state index contributed by atoms with van der Waals surface area (Å²) in [5, 5.41) is 12.0. The highest BCUT2D eigenvalue weighted by Gasteiger charge is 2.28. The molecular formula is C22H38N2S. The molecule has 0 spiro atoms. The van der Waals surface area contributed by atoms with Crippen LogP contribution in [-0.2, 0) is 0 Å². The topological polar surface area (TPSA) is 25.8 Å². The van der Waals surface area contributed by atoms with Crippen molar-refractivity contribution >= 4 is 11.3 Å². The maximum absolute atomic E-state index is 4.64. The van der Waals surface area contributed by atoms with Crippen molar-refractivity contribution in [3.63, 3.8) is 0 Å². The minimum absolute atomic E-state index is 0.713. The molecule has 0 aliphatic heterocycles. The summed E-state index contributed by atoms with van der Waals surface area (Å²) in [7, 11) is 0. The quantitative estimate of drug-likeness (QED) is 0.479. The largest absolute Gasteiger partial charge is 0.143 e. The monoisotopic (exact) mass is 362 g/mol. The molecular weight excluding hydrogens is 324 g/mol. The van der Waals surface area contributed by atoms with Crippen molar-refractivity contribution in [1.82, 2.24) is 10.2 Å². The van der Waals surface area contributed by atoms with Crippen LogP contribution in [0.15, 0.2) is 0 Å². The van der Waals surface area contributed by atoms with Gasteiger partial charge in [0.25, 0.3) is 0 Å². The molecule has 0 N–H and O–H groups in total. The highest BCUT2D eigenvalue weighted by Crippen LogP contribution is 2.42. The summed E-state index contributed by atoms with van der Waals surface area (Å²) in [6.45, 7) is 4.62. The standard InChI is InChI=1S/C22H38N2S/c1-3-5-7-17-9-13-19(14-10-17)21-23-24-22(25-21)20-15-11-18(12-16-20)8-6-4-2/h17-20H,3-16H2,1-2H3. The predicted octanol–water partition coefficient (Wildman–Crippen LogP) is 7.47. The van der Waals surface area contributed by atoms with Crippen LogP contribution in [0.3, 0.4) is 0 Å². The van der Waals surface area contributed by atoms with E-state index in [4.69, 9.17) is 0 Å². The molecule has 2 saturated carbocycles. The summed E-state index contributed by atoms with van der Waals surface area (Å²) >= 11 is 1.96. The Morgan fingerprint density at radius 3 is 1.44 bits per heavy atom. The first-order chi connectivity index (χ1) is 12.3. The summed E-state index contributed by atoms with van der Waals surface area (Å²) < 4.78 is 0. The first-order valence-electron chi connectivity index (χ1n) is 11.1. The van der Waals surface area contributed by atoms with Gasteiger partial charge in [0.1, 0.15) is 10.0 Å². The molecule has 1 heterocycles. The van der Waals surface area contributed by atoms with Gasteiger partial charge in [-0.25, -0.2) is 0 Å². The van der Waals surface area contributed by atoms with Gasteiger partial charge >= 0.3 is 0 Å². The number of rotatable bonds is 8. The van der Waals surface area contributed by atoms with Crippen LogP contribution in [0.1, 0.15) is 126 Å². The molecule has 0 radical (unpaired) electrons. The minimum atomic E-state index is 0.713. The van der Waals surface area contributed by atoms with Crippen LogP contribution < -0.4 is 0 Å². The van der Waals surface area contributed by atoms with E-state index in [-0.39, 0.29) is 0 Å². The fraction of sp³-hybridized carbons (Fsp3) is 0.909. The Hall–Kier alpha value is -0.440. The van der Waals surface area contributed by atoms with Gasteiger partial charge in [-0.2, -0.15) is 0 Å². The van der Waals surface area contributed by atoms with Crippen LogP contribution in [0, 0.1) is 11.8 Å². The van der Waals surface area contributed by atoms with Crippen molar-refractivity contribution in [3.8, 4) is 0 Å². The van der Waals surface area contributed by atoms with Gasteiger partial charge in [-0.15, -0.1) is 21.5 Å². The van der Waals surface area contributed by atoms with Gasteiger partial charge in [0.15, 0.2) is 0 Å². The predicted molar refractivity (Wildman–Crippen MR) is 108 cm³/mol. The van der Waals surface area contributed by atoms with Crippen molar-refractivity contribution in [3.05, 3.63) is 10.0 Å². The Labute approximate surface area is 159 Å². The lowest BCUT2D eigenvalue weighted by Crippen LogP contribution is -2.13. The van der Waals surface area contributed by atoms with E-state index in [2.05, 4.69) is 24.0 Å². The Balaban J connectivity index is 1.45. The van der Waals surface area contributed by atoms with E-state index in [9.17, 15) is 0 Å². The fourth-order valence-corrected chi connectivity index (χ4v) is 6.14. The third kappa shape index (κ3) is 5.52. The van der Waals surface area contributed by atoms with Gasteiger partial charge in [-0.1, -0.05) is 52.4 Å². The van der Waals surface area contributed by atoms with E-state index in [0.717, 1.165) is 11.8 Å². The zero-order valence-electron chi connectivity index (χ0n) is 16.5. The third-order valence-electron chi connectivity index (χ3n) is 6.78. The maximum atomic E-state index is 4.64. The lowest BCUT2D eigenvalue weighted by molar-refractivity contribution is 0.302. The molecule has 142 valence electrons. The normalized spacial score (nSPS) is 30.5. The molecule has 1 aromatic rings. The lowest BCUT2D eigenvalue weighted by atomic mass is 9.80. The Kier molecular flexibility index (Phi) is 7.76. The van der Waals surface area contributed by atoms with Gasteiger partial charge in [-0.05, 0) is 63.2 Å². The molecule has 0 amide bonds. The van der Waals surface area contributed by atoms with Gasteiger partial charge in [0.05, 0.1) is 0 Å². The second-order valence-electron chi connectivity index (χ2n) is 8.70. The molecule has 2 nitrogen and oxygen atoms in total. The number of nitrogens with zero attached hydrogens (tertiary/aromatic N) is 2. The second kappa shape index (κ2) is 10.0. The van der Waals surface area contributed by atoms with Crippen molar-refractivity contribution in [2.45, 2.75) is 116 Å². The summed E-state index contributed by atoms with van der Waals surface area (Å²) in [6.07, 6.45) is 19.5. The van der Waals surface area contributed by atoms with Gasteiger partial charge in [0, 0.05) is 11.8 Å². The van der Waals surface area contributed by atoms with Crippen LogP contribution in [-0.4, -0.2) is 10.2 Å². The highest BCUT2D eigenvalue weighted by atomic mass is 32.1. The van der Waals surface area contributed by atoms with Gasteiger partial charge in [0.2, 0.25) is 0 Å². The Morgan fingerprint density at radius 1 is 0.680 bits per heavy atom. The minimum Gasteiger partial charge on any atom is -0.143 e. The zero-order chi connectivity index (χ0) is 17.5. The van der Waals surface area contributed by atoms with Crippen molar-refractivity contribution in [2.75, 3.05) is 0 Å². The molecule has 1 aromatic heterocycles. The summed E-state index contributed by atoms with van der Waals surface area (Å²) in [6, 6.07) is 0. The van der Waals surface area contributed by atoms with E-state index in [1.54, 1.807) is 0 Å². The maximum Gasteiger partial charge on any atom is 0.120 e. The molecule has 3 rings (SSSR count). The van der Waals surface area contributed by atoms with Crippen LogP contribution in [0.2, 0.25) is 0 Å². The Morgan fingerprint density at radius 2 is 1.08 bits per heavy atom. The molecule has 0 saturated heterocycles. The first kappa shape index (κ1) is 19.3. The van der Waals surface area contributed by atoms with Crippen LogP contribution in [0.5, 0.6) is 0 Å². The summed E-state index contributed by atoms with van der Waals surface area (Å²) in [5.41, 5.74) is 0. The summed E-state index contributed by atoms with van der Waals surface area (Å²) in [5.74, 6) is 3.40. The molecule has 3 heteroatoms. The van der Waals surface area contributed by atoms with E-state index in [1.165, 1.54) is 99.9 Å². The molecule has 0 atom stereocenters. The second-order valence-corrected chi connectivity index (χ2v) is 9.74. The van der Waals surface area contributed by atoms with E-state index >= 15 is 0 Å². The van der Waals surface area contributed by atoms with Crippen LogP contribution >= 0.6 is 11.3 Å². The molecule has 0 unspecified atom stereocenters. The number of aromatic nitrogens is 2. The smallest absolute Gasteiger partial charge is 0.120 e. The van der Waals surface area contributed by atoms with Crippen molar-refractivity contribution in [2.24, 2.45) is 11.8 Å². The lowest BCUT2D eigenvalue weighted by Gasteiger charge is -2.27. The van der Waals surface area contributed by atoms with E-state index in [0.29, 0.717) is 11.8 Å². The molecule has 2 aliphatic rings. The molecule has 0 aromatic carbocycles. The van der Waals surface area contributed by atoms with Gasteiger partial charge < -0.3 is 0 Å². The van der Waals surface area contributed by atoms with Crippen LogP contribution in [0.25, 0.3) is 0 Å². The SMILES string of the molecule is CCCCC1CCC(c2nnc(C3CCC(CCCC)CC3)s2)CC1. The van der Waals surface area contributed by atoms with Gasteiger partial charge in [-0.3, -0.25) is 0 Å². The average molecular weight is 363 g/mol. The average Bonchev–Trinajstić information content (AvgIpc) is 3.15. The van der Waals surface area contributed by atoms with Crippen molar-refractivity contribution < 1.29 is 0 Å². The Bertz CT molecular complexity index is 439. The van der Waals surface area contributed by atoms with E-state index in [1.807, 2.05) is 11.3 Å². The molecule has 2 aliphatic carbocycles. The zero-order valence-corrected chi connectivity index (χ0v) is 17.3. The molecule has 2 fully saturated rings. The highest BCUT2D eigenvalue weighted by molar-refractivity contribution is 7.11. The first-order valence-corrected chi connectivity index (χ1v) is 11.9.